The molecule has 10 heteroatoms. The predicted molar refractivity (Wildman–Crippen MR) is 79.7 cm³/mol. The largest absolute Gasteiger partial charge is 0.504 e. The fraction of sp³-hybridized carbons (Fsp3) is 0.333. The molecule has 1 aliphatic rings. The van der Waals surface area contributed by atoms with E-state index in [1.807, 2.05) is 0 Å². The highest BCUT2D eigenvalue weighted by molar-refractivity contribution is 5.85. The summed E-state index contributed by atoms with van der Waals surface area (Å²) in [5, 5.41) is 56.6. The van der Waals surface area contributed by atoms with E-state index < -0.39 is 48.4 Å². The van der Waals surface area contributed by atoms with Crippen LogP contribution in [0.4, 0.5) is 0 Å². The Balaban J connectivity index is 2.23. The minimum atomic E-state index is -1.87. The van der Waals surface area contributed by atoms with Crippen molar-refractivity contribution in [2.75, 3.05) is 0 Å². The topological polar surface area (TPSA) is 174 Å². The normalized spacial score (nSPS) is 29.5. The summed E-state index contributed by atoms with van der Waals surface area (Å²) >= 11 is 0. The lowest BCUT2D eigenvalue weighted by Crippen LogP contribution is -2.61. The van der Waals surface area contributed by atoms with Gasteiger partial charge in [0.05, 0.1) is 0 Å². The van der Waals surface area contributed by atoms with Gasteiger partial charge in [-0.2, -0.15) is 0 Å². The predicted octanol–water partition coefficient (Wildman–Crippen LogP) is -1.24. The number of hydrogen-bond acceptors (Lipinski definition) is 8. The summed E-state index contributed by atoms with van der Waals surface area (Å²) in [7, 11) is 0. The van der Waals surface area contributed by atoms with Gasteiger partial charge in [-0.15, -0.1) is 0 Å². The highest BCUT2D eigenvalue weighted by Gasteiger charge is 2.48. The molecule has 1 fully saturated rings. The van der Waals surface area contributed by atoms with Crippen LogP contribution in [0.25, 0.3) is 6.08 Å². The van der Waals surface area contributed by atoms with Crippen molar-refractivity contribution in [3.05, 3.63) is 29.8 Å². The molecule has 0 aromatic heterocycles. The van der Waals surface area contributed by atoms with E-state index in [0.29, 0.717) is 5.56 Å². The Hall–Kier alpha value is -2.66. The van der Waals surface area contributed by atoms with Gasteiger partial charge in [-0.05, 0) is 23.8 Å². The number of carboxylic acids is 2. The summed E-state index contributed by atoms with van der Waals surface area (Å²) in [6.45, 7) is 0. The molecule has 2 rings (SSSR count). The van der Waals surface area contributed by atoms with Gasteiger partial charge in [0.15, 0.2) is 17.6 Å². The Kier molecular flexibility index (Phi) is 5.59. The van der Waals surface area contributed by atoms with Crippen LogP contribution in [0.5, 0.6) is 11.5 Å². The van der Waals surface area contributed by atoms with Gasteiger partial charge in [-0.25, -0.2) is 9.59 Å². The highest BCUT2D eigenvalue weighted by atomic mass is 16.7. The second kappa shape index (κ2) is 7.49. The van der Waals surface area contributed by atoms with Gasteiger partial charge >= 0.3 is 11.9 Å². The molecule has 0 radical (unpaired) electrons. The third-order valence-electron chi connectivity index (χ3n) is 3.46. The van der Waals surface area contributed by atoms with Gasteiger partial charge in [0.1, 0.15) is 18.3 Å². The Labute approximate surface area is 140 Å². The average Bonchev–Trinajstić information content (AvgIpc) is 2.55. The maximum Gasteiger partial charge on any atom is 0.335 e. The SMILES string of the molecule is O=C(O)C=Cc1ccc(O)c(O[C@@H]2O[C@H](C(=O)O)[C@@H](O)[C@H](O)[C@H]2O)c1. The molecular weight excluding hydrogens is 340 g/mol. The first-order valence-electron chi connectivity index (χ1n) is 7.04. The van der Waals surface area contributed by atoms with Gasteiger partial charge < -0.3 is 40.1 Å². The summed E-state index contributed by atoms with van der Waals surface area (Å²) in [6, 6.07) is 3.79. The molecule has 10 nitrogen and oxygen atoms in total. The molecule has 1 aliphatic heterocycles. The van der Waals surface area contributed by atoms with Gasteiger partial charge in [0, 0.05) is 6.08 Å². The zero-order valence-corrected chi connectivity index (χ0v) is 12.6. The number of aliphatic hydroxyl groups excluding tert-OH is 3. The summed E-state index contributed by atoms with van der Waals surface area (Å²) in [5.41, 5.74) is 0.330. The lowest BCUT2D eigenvalue weighted by atomic mass is 9.99. The lowest BCUT2D eigenvalue weighted by molar-refractivity contribution is -0.271. The van der Waals surface area contributed by atoms with Crippen LogP contribution >= 0.6 is 0 Å². The molecule has 5 atom stereocenters. The minimum Gasteiger partial charge on any atom is -0.504 e. The van der Waals surface area contributed by atoms with Crippen LogP contribution in [0.2, 0.25) is 0 Å². The maximum absolute atomic E-state index is 11.0. The van der Waals surface area contributed by atoms with Crippen molar-refractivity contribution >= 4 is 18.0 Å². The first-order valence-corrected chi connectivity index (χ1v) is 7.04. The zero-order chi connectivity index (χ0) is 18.7. The first kappa shape index (κ1) is 18.7. The van der Waals surface area contributed by atoms with Crippen molar-refractivity contribution in [3.63, 3.8) is 0 Å². The Bertz CT molecular complexity index is 685. The Morgan fingerprint density at radius 3 is 2.36 bits per heavy atom. The summed E-state index contributed by atoms with van der Waals surface area (Å²) in [5.74, 6) is -3.41. The minimum absolute atomic E-state index is 0.246. The maximum atomic E-state index is 11.0. The molecule has 0 aliphatic carbocycles. The fourth-order valence-corrected chi connectivity index (χ4v) is 2.17. The van der Waals surface area contributed by atoms with Crippen LogP contribution in [-0.2, 0) is 14.3 Å². The van der Waals surface area contributed by atoms with Crippen LogP contribution in [-0.4, -0.2) is 73.3 Å². The van der Waals surface area contributed by atoms with Crippen molar-refractivity contribution in [3.8, 4) is 11.5 Å². The lowest BCUT2D eigenvalue weighted by Gasteiger charge is -2.38. The molecule has 0 unspecified atom stereocenters. The number of hydrogen-bond donors (Lipinski definition) is 6. The van der Waals surface area contributed by atoms with E-state index in [0.717, 1.165) is 6.08 Å². The van der Waals surface area contributed by atoms with Crippen LogP contribution in [0, 0.1) is 0 Å². The summed E-state index contributed by atoms with van der Waals surface area (Å²) in [6.07, 6.45) is -6.98. The number of carbonyl (C=O) groups is 2. The molecule has 0 saturated carbocycles. The number of rotatable bonds is 5. The van der Waals surface area contributed by atoms with Crippen molar-refractivity contribution in [1.82, 2.24) is 0 Å². The third-order valence-corrected chi connectivity index (χ3v) is 3.46. The number of phenolic OH excluding ortho intramolecular Hbond substituents is 1. The van der Waals surface area contributed by atoms with Crippen molar-refractivity contribution < 1.29 is 49.7 Å². The smallest absolute Gasteiger partial charge is 0.335 e. The number of carboxylic acid groups (broad SMARTS) is 2. The summed E-state index contributed by atoms with van der Waals surface area (Å²) < 4.78 is 10.1. The van der Waals surface area contributed by atoms with E-state index >= 15 is 0 Å². The summed E-state index contributed by atoms with van der Waals surface area (Å²) in [4.78, 5) is 21.6. The quantitative estimate of drug-likeness (QED) is 0.350. The number of ether oxygens (including phenoxy) is 2. The van der Waals surface area contributed by atoms with E-state index in [1.54, 1.807) is 0 Å². The molecule has 0 amide bonds. The molecule has 0 spiro atoms. The highest BCUT2D eigenvalue weighted by Crippen LogP contribution is 2.31. The molecule has 6 N–H and O–H groups in total. The average molecular weight is 356 g/mol. The number of phenols is 1. The van der Waals surface area contributed by atoms with Crippen molar-refractivity contribution in [1.29, 1.82) is 0 Å². The number of aromatic hydroxyl groups is 1. The molecule has 136 valence electrons. The molecule has 1 aromatic rings. The van der Waals surface area contributed by atoms with E-state index in [4.69, 9.17) is 19.7 Å². The second-order valence-corrected chi connectivity index (χ2v) is 5.25. The van der Waals surface area contributed by atoms with Crippen molar-refractivity contribution in [2.24, 2.45) is 0 Å². The van der Waals surface area contributed by atoms with E-state index in [2.05, 4.69) is 0 Å². The first-order chi connectivity index (χ1) is 11.7. The van der Waals surface area contributed by atoms with E-state index in [9.17, 15) is 30.0 Å². The number of aliphatic carboxylic acids is 2. The van der Waals surface area contributed by atoms with Crippen LogP contribution < -0.4 is 4.74 Å². The molecule has 1 heterocycles. The Morgan fingerprint density at radius 1 is 1.08 bits per heavy atom. The molecule has 25 heavy (non-hydrogen) atoms. The van der Waals surface area contributed by atoms with Crippen LogP contribution in [0.15, 0.2) is 24.3 Å². The van der Waals surface area contributed by atoms with Gasteiger partial charge in [0.25, 0.3) is 0 Å². The molecule has 0 bridgehead atoms. The van der Waals surface area contributed by atoms with Crippen molar-refractivity contribution in [2.45, 2.75) is 30.7 Å². The standard InChI is InChI=1S/C15H16O10/c16-7-3-1-6(2-4-9(17)18)5-8(7)24-15-12(21)10(19)11(20)13(25-15)14(22)23/h1-5,10-13,15-16,19-21H,(H,17,18)(H,22,23)/t10-,11-,12+,13-,15+/m0/s1. The van der Waals surface area contributed by atoms with Crippen LogP contribution in [0.1, 0.15) is 5.56 Å². The molecule has 1 aromatic carbocycles. The monoisotopic (exact) mass is 356 g/mol. The fourth-order valence-electron chi connectivity index (χ4n) is 2.17. The van der Waals surface area contributed by atoms with Gasteiger partial charge in [0.2, 0.25) is 6.29 Å². The molecule has 1 saturated heterocycles. The number of aliphatic hydroxyl groups is 3. The van der Waals surface area contributed by atoms with Gasteiger partial charge in [-0.1, -0.05) is 6.07 Å². The second-order valence-electron chi connectivity index (χ2n) is 5.25. The van der Waals surface area contributed by atoms with Crippen LogP contribution in [0.3, 0.4) is 0 Å². The molecular formula is C15H16O10. The van der Waals surface area contributed by atoms with Gasteiger partial charge in [-0.3, -0.25) is 0 Å². The zero-order valence-electron chi connectivity index (χ0n) is 12.6. The van der Waals surface area contributed by atoms with E-state index in [1.165, 1.54) is 24.3 Å². The number of benzene rings is 1. The van der Waals surface area contributed by atoms with E-state index in [-0.39, 0.29) is 5.75 Å². The Morgan fingerprint density at radius 2 is 1.76 bits per heavy atom. The third kappa shape index (κ3) is 4.25.